The molecule has 1 atom stereocenters. The molecular formula is C20H23N3O4. The summed E-state index contributed by atoms with van der Waals surface area (Å²) < 4.78 is 16.6. The Hall–Kier alpha value is -2.80. The van der Waals surface area contributed by atoms with Gasteiger partial charge in [0.15, 0.2) is 11.5 Å². The van der Waals surface area contributed by atoms with Gasteiger partial charge in [0.25, 0.3) is 0 Å². The highest BCUT2D eigenvalue weighted by molar-refractivity contribution is 5.74. The van der Waals surface area contributed by atoms with Gasteiger partial charge in [0.2, 0.25) is 6.79 Å². The molecule has 2 amide bonds. The van der Waals surface area contributed by atoms with Gasteiger partial charge in [-0.2, -0.15) is 0 Å². The van der Waals surface area contributed by atoms with Crippen molar-refractivity contribution in [3.05, 3.63) is 53.9 Å². The minimum atomic E-state index is -0.0706. The van der Waals surface area contributed by atoms with E-state index in [9.17, 15) is 4.79 Å². The summed E-state index contributed by atoms with van der Waals surface area (Å²) in [5.74, 6) is 1.47. The Morgan fingerprint density at radius 3 is 3.07 bits per heavy atom. The van der Waals surface area contributed by atoms with E-state index in [1.165, 1.54) is 0 Å². The second-order valence-electron chi connectivity index (χ2n) is 6.69. The van der Waals surface area contributed by atoms with Gasteiger partial charge in [-0.3, -0.25) is 4.98 Å². The number of carbonyl (C=O) groups is 1. The van der Waals surface area contributed by atoms with Crippen molar-refractivity contribution in [3.63, 3.8) is 0 Å². The number of likely N-dealkylation sites (tertiary alicyclic amines) is 1. The maximum absolute atomic E-state index is 12.5. The Balaban J connectivity index is 1.25. The maximum Gasteiger partial charge on any atom is 0.317 e. The molecule has 1 aromatic heterocycles. The first-order valence-corrected chi connectivity index (χ1v) is 9.21. The lowest BCUT2D eigenvalue weighted by atomic mass is 10.1. The van der Waals surface area contributed by atoms with Crippen LogP contribution in [-0.4, -0.2) is 41.9 Å². The van der Waals surface area contributed by atoms with Crippen molar-refractivity contribution in [2.45, 2.75) is 32.1 Å². The molecule has 27 heavy (non-hydrogen) atoms. The van der Waals surface area contributed by atoms with E-state index in [2.05, 4.69) is 10.3 Å². The van der Waals surface area contributed by atoms with E-state index in [0.29, 0.717) is 19.7 Å². The molecule has 1 aromatic carbocycles. The number of carbonyl (C=O) groups excluding carboxylic acids is 1. The van der Waals surface area contributed by atoms with Crippen LogP contribution in [0.2, 0.25) is 0 Å². The second-order valence-corrected chi connectivity index (χ2v) is 6.69. The number of hydrogen-bond donors (Lipinski definition) is 1. The molecule has 4 rings (SSSR count). The van der Waals surface area contributed by atoms with E-state index in [1.807, 2.05) is 41.3 Å². The third kappa shape index (κ3) is 4.49. The van der Waals surface area contributed by atoms with E-state index in [-0.39, 0.29) is 18.9 Å². The molecule has 3 heterocycles. The van der Waals surface area contributed by atoms with Gasteiger partial charge < -0.3 is 24.4 Å². The number of pyridine rings is 1. The molecule has 1 fully saturated rings. The largest absolute Gasteiger partial charge is 0.454 e. The van der Waals surface area contributed by atoms with Crippen molar-refractivity contribution in [3.8, 4) is 11.5 Å². The number of hydrogen-bond acceptors (Lipinski definition) is 5. The van der Waals surface area contributed by atoms with Crippen LogP contribution in [0.15, 0.2) is 42.6 Å². The van der Waals surface area contributed by atoms with Gasteiger partial charge in [-0.1, -0.05) is 12.1 Å². The highest BCUT2D eigenvalue weighted by Crippen LogP contribution is 2.32. The molecule has 0 saturated carbocycles. The van der Waals surface area contributed by atoms with Crippen molar-refractivity contribution in [1.29, 1.82) is 0 Å². The molecule has 0 aliphatic carbocycles. The van der Waals surface area contributed by atoms with Gasteiger partial charge in [0.05, 0.1) is 18.4 Å². The maximum atomic E-state index is 12.5. The molecule has 7 nitrogen and oxygen atoms in total. The summed E-state index contributed by atoms with van der Waals surface area (Å²) in [6, 6.07) is 11.4. The summed E-state index contributed by atoms with van der Waals surface area (Å²) >= 11 is 0. The lowest BCUT2D eigenvalue weighted by Crippen LogP contribution is -2.47. The Kier molecular flexibility index (Phi) is 5.39. The summed E-state index contributed by atoms with van der Waals surface area (Å²) in [5.41, 5.74) is 1.88. The zero-order chi connectivity index (χ0) is 18.5. The highest BCUT2D eigenvalue weighted by atomic mass is 16.7. The fourth-order valence-corrected chi connectivity index (χ4v) is 3.29. The fraction of sp³-hybridized carbons (Fsp3) is 0.400. The van der Waals surface area contributed by atoms with Gasteiger partial charge in [-0.05, 0) is 42.7 Å². The molecule has 2 aliphatic heterocycles. The summed E-state index contributed by atoms with van der Waals surface area (Å²) in [7, 11) is 0. The molecule has 0 radical (unpaired) electrons. The molecule has 0 unspecified atom stereocenters. The third-order valence-corrected chi connectivity index (χ3v) is 4.74. The molecule has 7 heteroatoms. The first-order chi connectivity index (χ1) is 13.3. The second kappa shape index (κ2) is 8.26. The molecule has 0 spiro atoms. The lowest BCUT2D eigenvalue weighted by molar-refractivity contribution is -0.00168. The van der Waals surface area contributed by atoms with Gasteiger partial charge in [0.1, 0.15) is 0 Å². The minimum Gasteiger partial charge on any atom is -0.454 e. The quantitative estimate of drug-likeness (QED) is 0.877. The molecule has 1 N–H and O–H groups in total. The summed E-state index contributed by atoms with van der Waals surface area (Å²) in [4.78, 5) is 18.6. The number of aromatic nitrogens is 1. The third-order valence-electron chi connectivity index (χ3n) is 4.74. The number of amides is 2. The number of nitrogens with zero attached hydrogens (tertiary/aromatic N) is 2. The number of piperidine rings is 1. The minimum absolute atomic E-state index is 0.0389. The summed E-state index contributed by atoms with van der Waals surface area (Å²) in [6.07, 6.45) is 3.69. The summed E-state index contributed by atoms with van der Waals surface area (Å²) in [6.45, 7) is 2.51. The number of nitrogens with one attached hydrogen (secondary N) is 1. The Labute approximate surface area is 158 Å². The van der Waals surface area contributed by atoms with E-state index in [4.69, 9.17) is 14.2 Å². The monoisotopic (exact) mass is 369 g/mol. The Morgan fingerprint density at radius 1 is 1.26 bits per heavy atom. The predicted octanol–water partition coefficient (Wildman–Crippen LogP) is 2.70. The van der Waals surface area contributed by atoms with Crippen LogP contribution in [-0.2, 0) is 17.9 Å². The molecule has 142 valence electrons. The Morgan fingerprint density at radius 2 is 2.19 bits per heavy atom. The van der Waals surface area contributed by atoms with Crippen molar-refractivity contribution in [1.82, 2.24) is 15.2 Å². The Bertz CT molecular complexity index is 784. The van der Waals surface area contributed by atoms with Gasteiger partial charge in [0, 0.05) is 25.8 Å². The first kappa shape index (κ1) is 17.6. The van der Waals surface area contributed by atoms with E-state index >= 15 is 0 Å². The van der Waals surface area contributed by atoms with Gasteiger partial charge in [-0.25, -0.2) is 4.79 Å². The van der Waals surface area contributed by atoms with Crippen molar-refractivity contribution < 1.29 is 19.0 Å². The average Bonchev–Trinajstić information content (AvgIpc) is 3.19. The SMILES string of the molecule is O=C(NCc1ccc2c(c1)OCO2)N1CCC[C@H](OCc2ccccn2)C1. The van der Waals surface area contributed by atoms with E-state index < -0.39 is 0 Å². The van der Waals surface area contributed by atoms with Crippen molar-refractivity contribution in [2.24, 2.45) is 0 Å². The predicted molar refractivity (Wildman–Crippen MR) is 98.4 cm³/mol. The van der Waals surface area contributed by atoms with Crippen LogP contribution in [0.3, 0.4) is 0 Å². The van der Waals surface area contributed by atoms with E-state index in [0.717, 1.165) is 42.1 Å². The molecule has 0 bridgehead atoms. The topological polar surface area (TPSA) is 72.9 Å². The van der Waals surface area contributed by atoms with Crippen LogP contribution in [0.1, 0.15) is 24.1 Å². The number of ether oxygens (including phenoxy) is 3. The van der Waals surface area contributed by atoms with Crippen LogP contribution in [0.25, 0.3) is 0 Å². The van der Waals surface area contributed by atoms with Crippen LogP contribution in [0.4, 0.5) is 4.79 Å². The van der Waals surface area contributed by atoms with Crippen molar-refractivity contribution >= 4 is 6.03 Å². The molecule has 2 aromatic rings. The zero-order valence-corrected chi connectivity index (χ0v) is 15.1. The highest BCUT2D eigenvalue weighted by Gasteiger charge is 2.24. The number of fused-ring (bicyclic) bond motifs is 1. The fourth-order valence-electron chi connectivity index (χ4n) is 3.29. The molecule has 2 aliphatic rings. The van der Waals surface area contributed by atoms with Crippen LogP contribution in [0, 0.1) is 0 Å². The van der Waals surface area contributed by atoms with Crippen LogP contribution < -0.4 is 14.8 Å². The van der Waals surface area contributed by atoms with Gasteiger partial charge in [-0.15, -0.1) is 0 Å². The zero-order valence-electron chi connectivity index (χ0n) is 15.1. The first-order valence-electron chi connectivity index (χ1n) is 9.21. The number of urea groups is 1. The van der Waals surface area contributed by atoms with Crippen LogP contribution >= 0.6 is 0 Å². The lowest BCUT2D eigenvalue weighted by Gasteiger charge is -2.32. The summed E-state index contributed by atoms with van der Waals surface area (Å²) in [5, 5.41) is 2.98. The van der Waals surface area contributed by atoms with Crippen molar-refractivity contribution in [2.75, 3.05) is 19.9 Å². The smallest absolute Gasteiger partial charge is 0.317 e. The standard InChI is InChI=1S/C20H23N3O4/c24-20(22-11-15-6-7-18-19(10-15)27-14-26-18)23-9-3-5-17(12-23)25-13-16-4-1-2-8-21-16/h1-2,4,6-8,10,17H,3,5,9,11-14H2,(H,22,24)/t17-/m0/s1. The molecule has 1 saturated heterocycles. The van der Waals surface area contributed by atoms with Gasteiger partial charge >= 0.3 is 6.03 Å². The van der Waals surface area contributed by atoms with Crippen LogP contribution in [0.5, 0.6) is 11.5 Å². The number of benzene rings is 1. The normalized spacial score (nSPS) is 18.4. The molecular weight excluding hydrogens is 346 g/mol. The van der Waals surface area contributed by atoms with E-state index in [1.54, 1.807) is 6.20 Å². The average molecular weight is 369 g/mol. The number of rotatable bonds is 5.